The van der Waals surface area contributed by atoms with Gasteiger partial charge in [-0.2, -0.15) is 0 Å². The van der Waals surface area contributed by atoms with Crippen molar-refractivity contribution in [2.24, 2.45) is 0 Å². The quantitative estimate of drug-likeness (QED) is 0.624. The van der Waals surface area contributed by atoms with Crippen molar-refractivity contribution in [3.05, 3.63) is 22.2 Å². The van der Waals surface area contributed by atoms with Crippen LogP contribution in [0.3, 0.4) is 0 Å². The van der Waals surface area contributed by atoms with Crippen LogP contribution in [0.15, 0.2) is 6.07 Å². The molecule has 5 nitrogen and oxygen atoms in total. The molecule has 0 bridgehead atoms. The SMILES string of the molecule is COc1c(Cl)cc(C)c(C(=O)C(=O)O)c1O. The summed E-state index contributed by atoms with van der Waals surface area (Å²) in [5.74, 6) is -3.52. The number of methoxy groups -OCH3 is 1. The number of ether oxygens (including phenoxy) is 1. The summed E-state index contributed by atoms with van der Waals surface area (Å²) < 4.78 is 4.77. The van der Waals surface area contributed by atoms with Gasteiger partial charge in [0.15, 0.2) is 11.5 Å². The summed E-state index contributed by atoms with van der Waals surface area (Å²) in [7, 11) is 1.26. The van der Waals surface area contributed by atoms with E-state index in [0.717, 1.165) is 0 Å². The molecule has 1 aromatic carbocycles. The first-order valence-corrected chi connectivity index (χ1v) is 4.61. The third-order valence-electron chi connectivity index (χ3n) is 2.03. The number of aryl methyl sites for hydroxylation is 1. The number of benzene rings is 1. The molecule has 6 heteroatoms. The van der Waals surface area contributed by atoms with Crippen LogP contribution in [0.25, 0.3) is 0 Å². The topological polar surface area (TPSA) is 83.8 Å². The molecule has 16 heavy (non-hydrogen) atoms. The third kappa shape index (κ3) is 1.94. The van der Waals surface area contributed by atoms with Gasteiger partial charge in [0.25, 0.3) is 5.78 Å². The lowest BCUT2D eigenvalue weighted by Gasteiger charge is -2.11. The number of ketones is 1. The van der Waals surface area contributed by atoms with Gasteiger partial charge in [-0.3, -0.25) is 4.79 Å². The number of carbonyl (C=O) groups is 2. The number of phenols is 1. The molecule has 0 unspecified atom stereocenters. The van der Waals surface area contributed by atoms with Crippen LogP contribution >= 0.6 is 11.6 Å². The molecule has 0 atom stereocenters. The Morgan fingerprint density at radius 2 is 2.00 bits per heavy atom. The van der Waals surface area contributed by atoms with Crippen LogP contribution in [-0.2, 0) is 4.79 Å². The van der Waals surface area contributed by atoms with Crippen molar-refractivity contribution in [3.63, 3.8) is 0 Å². The predicted octanol–water partition coefficient (Wildman–Crippen LogP) is 1.63. The van der Waals surface area contributed by atoms with Crippen LogP contribution in [-0.4, -0.2) is 29.1 Å². The first-order valence-electron chi connectivity index (χ1n) is 4.23. The van der Waals surface area contributed by atoms with E-state index in [-0.39, 0.29) is 21.9 Å². The number of hydrogen-bond acceptors (Lipinski definition) is 4. The summed E-state index contributed by atoms with van der Waals surface area (Å²) in [4.78, 5) is 21.9. The third-order valence-corrected chi connectivity index (χ3v) is 2.31. The Bertz CT molecular complexity index is 467. The Morgan fingerprint density at radius 1 is 1.44 bits per heavy atom. The minimum Gasteiger partial charge on any atom is -0.504 e. The maximum absolute atomic E-state index is 11.3. The molecule has 1 rings (SSSR count). The van der Waals surface area contributed by atoms with Crippen LogP contribution in [0.5, 0.6) is 11.5 Å². The minimum atomic E-state index is -1.65. The standard InChI is InChI=1S/C10H9ClO5/c1-4-3-5(11)9(16-2)7(12)6(4)8(13)10(14)15/h3,12H,1-2H3,(H,14,15). The molecule has 0 aliphatic rings. The van der Waals surface area contributed by atoms with E-state index >= 15 is 0 Å². The van der Waals surface area contributed by atoms with Gasteiger partial charge in [0, 0.05) is 0 Å². The van der Waals surface area contributed by atoms with Crippen LogP contribution in [0.4, 0.5) is 0 Å². The van der Waals surface area contributed by atoms with Gasteiger partial charge < -0.3 is 14.9 Å². The van der Waals surface area contributed by atoms with E-state index in [1.165, 1.54) is 20.1 Å². The number of aliphatic carboxylic acids is 1. The van der Waals surface area contributed by atoms with Gasteiger partial charge in [0.2, 0.25) is 0 Å². The Morgan fingerprint density at radius 3 is 2.44 bits per heavy atom. The van der Waals surface area contributed by atoms with E-state index in [2.05, 4.69) is 0 Å². The fourth-order valence-corrected chi connectivity index (χ4v) is 1.66. The van der Waals surface area contributed by atoms with Crippen molar-refractivity contribution in [3.8, 4) is 11.5 Å². The molecule has 86 valence electrons. The lowest BCUT2D eigenvalue weighted by molar-refractivity contribution is -0.131. The van der Waals surface area contributed by atoms with Crippen molar-refractivity contribution in [2.75, 3.05) is 7.11 Å². The van der Waals surface area contributed by atoms with Gasteiger partial charge >= 0.3 is 5.97 Å². The monoisotopic (exact) mass is 244 g/mol. The Labute approximate surface area is 96.2 Å². The second kappa shape index (κ2) is 4.40. The Balaban J connectivity index is 3.51. The molecule has 0 aliphatic heterocycles. The van der Waals surface area contributed by atoms with Crippen LogP contribution in [0.1, 0.15) is 15.9 Å². The summed E-state index contributed by atoms with van der Waals surface area (Å²) in [6, 6.07) is 1.36. The number of Topliss-reactive ketones (excluding diaryl/α,β-unsaturated/α-hetero) is 1. The van der Waals surface area contributed by atoms with E-state index in [1.807, 2.05) is 0 Å². The average Bonchev–Trinajstić information content (AvgIpc) is 2.17. The van der Waals surface area contributed by atoms with E-state index in [1.54, 1.807) is 0 Å². The molecule has 0 aromatic heterocycles. The fraction of sp³-hybridized carbons (Fsp3) is 0.200. The van der Waals surface area contributed by atoms with Crippen molar-refractivity contribution in [1.82, 2.24) is 0 Å². The highest BCUT2D eigenvalue weighted by Gasteiger charge is 2.25. The summed E-state index contributed by atoms with van der Waals surface area (Å²) in [5, 5.41) is 18.4. The smallest absolute Gasteiger partial charge is 0.377 e. The second-order valence-corrected chi connectivity index (χ2v) is 3.47. The lowest BCUT2D eigenvalue weighted by atomic mass is 10.0. The van der Waals surface area contributed by atoms with Gasteiger partial charge in [0.05, 0.1) is 17.7 Å². The summed E-state index contributed by atoms with van der Waals surface area (Å²) in [6.45, 7) is 1.47. The lowest BCUT2D eigenvalue weighted by Crippen LogP contribution is -2.14. The number of carboxylic acid groups (broad SMARTS) is 1. The maximum Gasteiger partial charge on any atom is 0.377 e. The number of carbonyl (C=O) groups excluding carboxylic acids is 1. The molecular weight excluding hydrogens is 236 g/mol. The molecule has 0 saturated heterocycles. The Hall–Kier alpha value is -1.75. The number of halogens is 1. The van der Waals surface area contributed by atoms with Crippen molar-refractivity contribution >= 4 is 23.4 Å². The molecule has 0 spiro atoms. The van der Waals surface area contributed by atoms with Crippen LogP contribution in [0, 0.1) is 6.92 Å². The maximum atomic E-state index is 11.3. The predicted molar refractivity (Wildman–Crippen MR) is 56.4 cm³/mol. The second-order valence-electron chi connectivity index (χ2n) is 3.07. The average molecular weight is 245 g/mol. The van der Waals surface area contributed by atoms with E-state index in [0.29, 0.717) is 0 Å². The summed E-state index contributed by atoms with van der Waals surface area (Å²) >= 11 is 5.75. The first-order chi connectivity index (χ1) is 7.40. The zero-order valence-corrected chi connectivity index (χ0v) is 9.33. The largest absolute Gasteiger partial charge is 0.504 e. The number of rotatable bonds is 3. The van der Waals surface area contributed by atoms with Crippen molar-refractivity contribution in [1.29, 1.82) is 0 Å². The highest BCUT2D eigenvalue weighted by Crippen LogP contribution is 2.39. The first kappa shape index (κ1) is 12.3. The number of hydrogen-bond donors (Lipinski definition) is 2. The molecule has 0 saturated carbocycles. The van der Waals surface area contributed by atoms with Gasteiger partial charge in [0.1, 0.15) is 0 Å². The van der Waals surface area contributed by atoms with Crippen molar-refractivity contribution < 1.29 is 24.5 Å². The van der Waals surface area contributed by atoms with Crippen molar-refractivity contribution in [2.45, 2.75) is 6.92 Å². The molecule has 1 aromatic rings. The molecule has 0 fully saturated rings. The van der Waals surface area contributed by atoms with E-state index in [9.17, 15) is 14.7 Å². The molecule has 0 radical (unpaired) electrons. The zero-order chi connectivity index (χ0) is 12.5. The van der Waals surface area contributed by atoms with Crippen LogP contribution in [0.2, 0.25) is 5.02 Å². The van der Waals surface area contributed by atoms with Gasteiger partial charge in [-0.1, -0.05) is 11.6 Å². The molecule has 0 amide bonds. The van der Waals surface area contributed by atoms with Gasteiger partial charge in [-0.25, -0.2) is 4.79 Å². The highest BCUT2D eigenvalue weighted by molar-refractivity contribution is 6.41. The Kier molecular flexibility index (Phi) is 3.39. The normalized spacial score (nSPS) is 9.94. The number of carboxylic acids is 1. The molecular formula is C10H9ClO5. The molecule has 0 aliphatic carbocycles. The van der Waals surface area contributed by atoms with Crippen LogP contribution < -0.4 is 4.74 Å². The zero-order valence-electron chi connectivity index (χ0n) is 8.57. The summed E-state index contributed by atoms with van der Waals surface area (Å²) in [5.41, 5.74) is -0.0375. The summed E-state index contributed by atoms with van der Waals surface area (Å²) in [6.07, 6.45) is 0. The molecule has 2 N–H and O–H groups in total. The molecule has 0 heterocycles. The van der Waals surface area contributed by atoms with Gasteiger partial charge in [-0.05, 0) is 18.6 Å². The van der Waals surface area contributed by atoms with E-state index < -0.39 is 17.5 Å². The minimum absolute atomic E-state index is 0.111. The number of aromatic hydroxyl groups is 1. The van der Waals surface area contributed by atoms with E-state index in [4.69, 9.17) is 21.4 Å². The fourth-order valence-electron chi connectivity index (χ4n) is 1.33. The van der Waals surface area contributed by atoms with Gasteiger partial charge in [-0.15, -0.1) is 0 Å². The number of phenolic OH excluding ortho intramolecular Hbond substituents is 1. The highest BCUT2D eigenvalue weighted by atomic mass is 35.5.